The van der Waals surface area contributed by atoms with E-state index < -0.39 is 16.6 Å². The minimum Gasteiger partial charge on any atom is -0.475 e. The van der Waals surface area contributed by atoms with Crippen molar-refractivity contribution in [3.63, 3.8) is 0 Å². The minimum absolute atomic E-state index is 0.0256. The molecule has 0 N–H and O–H groups in total. The number of nitrogens with zero attached hydrogens (tertiary/aromatic N) is 4. The molecule has 0 amide bonds. The summed E-state index contributed by atoms with van der Waals surface area (Å²) in [6.07, 6.45) is 1.44. The van der Waals surface area contributed by atoms with E-state index in [0.29, 0.717) is 37.6 Å². The molecule has 122 valence electrons. The van der Waals surface area contributed by atoms with E-state index in [1.54, 1.807) is 0 Å². The lowest BCUT2D eigenvalue weighted by molar-refractivity contribution is 0.0775. The lowest BCUT2D eigenvalue weighted by Crippen LogP contribution is -2.48. The third-order valence-corrected chi connectivity index (χ3v) is 4.79. The number of hydrogen-bond donors (Lipinski definition) is 0. The number of anilines is 1. The van der Waals surface area contributed by atoms with E-state index in [9.17, 15) is 8.60 Å². The van der Waals surface area contributed by atoms with Gasteiger partial charge in [-0.05, 0) is 0 Å². The maximum absolute atomic E-state index is 14.4. The molecule has 2 aromatic heterocycles. The number of hydrogen-bond acceptors (Lipinski definition) is 7. The zero-order valence-corrected chi connectivity index (χ0v) is 13.7. The van der Waals surface area contributed by atoms with E-state index in [0.717, 1.165) is 0 Å². The van der Waals surface area contributed by atoms with Gasteiger partial charge in [0, 0.05) is 12.8 Å². The molecule has 4 rings (SSSR count). The molecule has 0 radical (unpaired) electrons. The molecule has 0 saturated carbocycles. The Balaban J connectivity index is 2.07. The molecule has 0 bridgehead atoms. The van der Waals surface area contributed by atoms with Crippen LogP contribution < -0.4 is 9.64 Å². The van der Waals surface area contributed by atoms with Crippen LogP contribution in [0.15, 0.2) is 5.16 Å². The highest BCUT2D eigenvalue weighted by molar-refractivity contribution is 7.84. The number of ether oxygens (including phenoxy) is 2. The van der Waals surface area contributed by atoms with Gasteiger partial charge >= 0.3 is 0 Å². The zero-order valence-electron chi connectivity index (χ0n) is 12.1. The standard InChI is InChI=1S/C13H12ClFN4O3S/c1-23(20)13-16-9-7-11(18-13)19-2-3-21-4-6(19)5-22-12(7)17-10(14)8(9)15/h6H,2-5H2,1H3/t6-,23?/m0/s1. The summed E-state index contributed by atoms with van der Waals surface area (Å²) in [7, 11) is -1.46. The summed E-state index contributed by atoms with van der Waals surface area (Å²) in [5.74, 6) is -0.121. The van der Waals surface area contributed by atoms with Gasteiger partial charge in [-0.2, -0.15) is 4.98 Å². The van der Waals surface area contributed by atoms with Crippen LogP contribution in [0.3, 0.4) is 0 Å². The highest BCUT2D eigenvalue weighted by Gasteiger charge is 2.33. The fraction of sp³-hybridized carbons (Fsp3) is 0.462. The number of halogens is 2. The fourth-order valence-corrected chi connectivity index (χ4v) is 3.37. The molecule has 0 spiro atoms. The van der Waals surface area contributed by atoms with Gasteiger partial charge in [0.05, 0.1) is 30.1 Å². The molecular weight excluding hydrogens is 347 g/mol. The van der Waals surface area contributed by atoms with Crippen LogP contribution in [-0.2, 0) is 15.5 Å². The van der Waals surface area contributed by atoms with Crippen LogP contribution in [-0.4, -0.2) is 57.8 Å². The third kappa shape index (κ3) is 2.34. The van der Waals surface area contributed by atoms with Crippen LogP contribution in [0.2, 0.25) is 5.15 Å². The Labute approximate surface area is 138 Å². The van der Waals surface area contributed by atoms with Crippen molar-refractivity contribution in [2.24, 2.45) is 0 Å². The smallest absolute Gasteiger partial charge is 0.228 e. The van der Waals surface area contributed by atoms with Gasteiger partial charge in [0.25, 0.3) is 0 Å². The van der Waals surface area contributed by atoms with E-state index >= 15 is 0 Å². The molecule has 2 atom stereocenters. The second-order valence-electron chi connectivity index (χ2n) is 5.26. The first kappa shape index (κ1) is 15.0. The van der Waals surface area contributed by atoms with Crippen molar-refractivity contribution in [3.05, 3.63) is 11.0 Å². The van der Waals surface area contributed by atoms with Gasteiger partial charge < -0.3 is 14.4 Å². The fourth-order valence-electron chi connectivity index (χ4n) is 2.76. The summed E-state index contributed by atoms with van der Waals surface area (Å²) in [6, 6.07) is -0.0870. The second-order valence-corrected chi connectivity index (χ2v) is 6.89. The molecule has 2 aliphatic rings. The van der Waals surface area contributed by atoms with Crippen LogP contribution in [0.5, 0.6) is 5.88 Å². The minimum atomic E-state index is -1.46. The molecule has 2 aliphatic heterocycles. The van der Waals surface area contributed by atoms with E-state index in [2.05, 4.69) is 15.0 Å². The van der Waals surface area contributed by atoms with Crippen molar-refractivity contribution in [3.8, 4) is 5.88 Å². The highest BCUT2D eigenvalue weighted by atomic mass is 35.5. The van der Waals surface area contributed by atoms with Crippen molar-refractivity contribution in [2.75, 3.05) is 37.5 Å². The predicted molar refractivity (Wildman–Crippen MR) is 82.1 cm³/mol. The van der Waals surface area contributed by atoms with Gasteiger partial charge in [0.1, 0.15) is 23.3 Å². The summed E-state index contributed by atoms with van der Waals surface area (Å²) in [6.45, 7) is 1.86. The van der Waals surface area contributed by atoms with Gasteiger partial charge in [-0.25, -0.2) is 14.4 Å². The normalized spacial score (nSPS) is 21.5. The monoisotopic (exact) mass is 358 g/mol. The molecule has 2 aromatic rings. The van der Waals surface area contributed by atoms with Crippen LogP contribution in [0.4, 0.5) is 10.2 Å². The number of pyridine rings is 1. The molecular formula is C13H12ClFN4O3S. The molecule has 1 unspecified atom stereocenters. The van der Waals surface area contributed by atoms with E-state index in [-0.39, 0.29) is 27.7 Å². The number of fused-ring (bicyclic) bond motifs is 2. The van der Waals surface area contributed by atoms with E-state index in [1.165, 1.54) is 6.26 Å². The summed E-state index contributed by atoms with van der Waals surface area (Å²) in [5, 5.41) is 0.0679. The molecule has 7 nitrogen and oxygen atoms in total. The quantitative estimate of drug-likeness (QED) is 0.559. The van der Waals surface area contributed by atoms with Gasteiger partial charge in [0.15, 0.2) is 11.0 Å². The second kappa shape index (κ2) is 5.50. The molecule has 1 fully saturated rings. The number of morpholine rings is 1. The molecule has 0 aromatic carbocycles. The molecule has 1 saturated heterocycles. The molecule has 23 heavy (non-hydrogen) atoms. The summed E-state index contributed by atoms with van der Waals surface area (Å²) < 4.78 is 37.4. The number of aromatic nitrogens is 3. The van der Waals surface area contributed by atoms with Gasteiger partial charge in [-0.1, -0.05) is 11.6 Å². The maximum atomic E-state index is 14.4. The first-order chi connectivity index (χ1) is 11.1. The Hall–Kier alpha value is -1.58. The first-order valence-corrected chi connectivity index (χ1v) is 8.87. The van der Waals surface area contributed by atoms with E-state index in [1.807, 2.05) is 4.90 Å². The predicted octanol–water partition coefficient (Wildman–Crippen LogP) is 1.15. The summed E-state index contributed by atoms with van der Waals surface area (Å²) >= 11 is 5.85. The topological polar surface area (TPSA) is 77.4 Å². The summed E-state index contributed by atoms with van der Waals surface area (Å²) in [5.41, 5.74) is -0.0256. The Morgan fingerprint density at radius 3 is 2.96 bits per heavy atom. The van der Waals surface area contributed by atoms with Crippen LogP contribution in [0.25, 0.3) is 10.9 Å². The van der Waals surface area contributed by atoms with Crippen molar-refractivity contribution in [1.82, 2.24) is 15.0 Å². The summed E-state index contributed by atoms with van der Waals surface area (Å²) in [4.78, 5) is 14.4. The van der Waals surface area contributed by atoms with Crippen molar-refractivity contribution in [1.29, 1.82) is 0 Å². The Morgan fingerprint density at radius 1 is 1.35 bits per heavy atom. The van der Waals surface area contributed by atoms with Gasteiger partial charge in [0.2, 0.25) is 11.0 Å². The SMILES string of the molecule is CS(=O)c1nc2c3c(nc(Cl)c(F)c3n1)OC[C@@H]1COCCN21. The Bertz CT molecular complexity index is 837. The largest absolute Gasteiger partial charge is 0.475 e. The Kier molecular flexibility index (Phi) is 3.58. The highest BCUT2D eigenvalue weighted by Crippen LogP contribution is 2.38. The lowest BCUT2D eigenvalue weighted by Gasteiger charge is -2.34. The third-order valence-electron chi connectivity index (χ3n) is 3.84. The van der Waals surface area contributed by atoms with Gasteiger partial charge in [-0.3, -0.25) is 4.21 Å². The van der Waals surface area contributed by atoms with Gasteiger partial charge in [-0.15, -0.1) is 0 Å². The van der Waals surface area contributed by atoms with Crippen molar-refractivity contribution < 1.29 is 18.1 Å². The molecule has 4 heterocycles. The van der Waals surface area contributed by atoms with Crippen molar-refractivity contribution in [2.45, 2.75) is 11.2 Å². The first-order valence-electron chi connectivity index (χ1n) is 6.93. The van der Waals surface area contributed by atoms with Crippen LogP contribution >= 0.6 is 11.6 Å². The number of rotatable bonds is 1. The zero-order chi connectivity index (χ0) is 16.1. The maximum Gasteiger partial charge on any atom is 0.228 e. The van der Waals surface area contributed by atoms with E-state index in [4.69, 9.17) is 21.1 Å². The average molecular weight is 359 g/mol. The average Bonchev–Trinajstić information content (AvgIpc) is 2.70. The molecule has 10 heteroatoms. The van der Waals surface area contributed by atoms with Crippen molar-refractivity contribution >= 4 is 39.1 Å². The Morgan fingerprint density at radius 2 is 2.17 bits per heavy atom. The lowest BCUT2D eigenvalue weighted by atomic mass is 10.2. The van der Waals surface area contributed by atoms with Crippen LogP contribution in [0.1, 0.15) is 0 Å². The molecule has 0 aliphatic carbocycles. The van der Waals surface area contributed by atoms with Crippen LogP contribution in [0, 0.1) is 5.82 Å².